The van der Waals surface area contributed by atoms with Crippen LogP contribution in [0, 0.1) is 5.92 Å². The molecule has 2 rings (SSSR count). The first-order chi connectivity index (χ1) is 11.3. The van der Waals surface area contributed by atoms with E-state index in [-0.39, 0.29) is 23.0 Å². The number of hydrogen-bond donors (Lipinski definition) is 1. The molecule has 0 radical (unpaired) electrons. The summed E-state index contributed by atoms with van der Waals surface area (Å²) in [5.74, 6) is -0.236. The van der Waals surface area contributed by atoms with E-state index in [1.165, 1.54) is 6.92 Å². The molecule has 2 heterocycles. The fraction of sp³-hybridized carbons (Fsp3) is 0.588. The highest BCUT2D eigenvalue weighted by Crippen LogP contribution is 2.40. The molecule has 1 N–H and O–H groups in total. The molecule has 5 nitrogen and oxygen atoms in total. The van der Waals surface area contributed by atoms with Crippen LogP contribution in [0.4, 0.5) is 4.79 Å². The van der Waals surface area contributed by atoms with Gasteiger partial charge in [0.1, 0.15) is 12.6 Å². The number of nitrogens with zero attached hydrogens (tertiary/aromatic N) is 1. The average Bonchev–Trinajstić information content (AvgIpc) is 3.15. The van der Waals surface area contributed by atoms with E-state index in [4.69, 9.17) is 0 Å². The zero-order valence-electron chi connectivity index (χ0n) is 14.2. The number of imide groups is 1. The molecular weight excluding hydrogens is 346 g/mol. The second kappa shape index (κ2) is 7.80. The number of thioether (sulfide) groups is 1. The normalized spacial score (nSPS) is 27.8. The maximum atomic E-state index is 13.1. The van der Waals surface area contributed by atoms with Crippen LogP contribution in [0.1, 0.15) is 45.1 Å². The Hall–Kier alpha value is -1.18. The molecule has 1 aromatic heterocycles. The molecule has 7 heteroatoms. The van der Waals surface area contributed by atoms with Gasteiger partial charge in [-0.15, -0.1) is 0 Å². The van der Waals surface area contributed by atoms with Crippen LogP contribution < -0.4 is 0 Å². The summed E-state index contributed by atoms with van der Waals surface area (Å²) >= 11 is 2.69. The number of rotatable bonds is 5. The van der Waals surface area contributed by atoms with Gasteiger partial charge >= 0.3 is 12.0 Å². The lowest BCUT2D eigenvalue weighted by Gasteiger charge is -2.32. The highest BCUT2D eigenvalue weighted by molar-refractivity contribution is 8.13. The van der Waals surface area contributed by atoms with E-state index in [2.05, 4.69) is 0 Å². The largest absolute Gasteiger partial charge is 0.521 e. The van der Waals surface area contributed by atoms with Crippen LogP contribution >= 0.6 is 23.1 Å². The van der Waals surface area contributed by atoms with Gasteiger partial charge in [0.15, 0.2) is 5.12 Å². The first-order valence-electron chi connectivity index (χ1n) is 8.14. The molecule has 0 saturated carbocycles. The molecule has 1 aromatic rings. The lowest BCUT2D eigenvalue weighted by Crippen LogP contribution is -2.61. The average molecular weight is 371 g/mol. The molecule has 1 fully saturated rings. The topological polar surface area (TPSA) is 71.4 Å². The van der Waals surface area contributed by atoms with E-state index >= 15 is 0 Å². The summed E-state index contributed by atoms with van der Waals surface area (Å²) in [4.78, 5) is 36.5. The summed E-state index contributed by atoms with van der Waals surface area (Å²) in [7, 11) is 0. The number of hydrogen-bond acceptors (Lipinski definition) is 5. The fourth-order valence-corrected chi connectivity index (χ4v) is 5.07. The summed E-state index contributed by atoms with van der Waals surface area (Å²) in [5.41, 5.74) is 1.12. The van der Waals surface area contributed by atoms with Crippen molar-refractivity contribution in [1.29, 1.82) is 0 Å². The number of carbonyl (C=O) groups excluding carboxylic acids is 2. The molecule has 0 aromatic carbocycles. The van der Waals surface area contributed by atoms with Crippen LogP contribution in [0.25, 0.3) is 0 Å². The predicted octanol–water partition coefficient (Wildman–Crippen LogP) is 3.95. The van der Waals surface area contributed by atoms with Gasteiger partial charge in [-0.2, -0.15) is 20.6 Å². The van der Waals surface area contributed by atoms with Crippen molar-refractivity contribution in [2.75, 3.05) is 12.3 Å². The lowest BCUT2D eigenvalue weighted by atomic mass is 10.00. The Morgan fingerprint density at radius 3 is 2.67 bits per heavy atom. The van der Waals surface area contributed by atoms with E-state index in [1.807, 2.05) is 30.7 Å². The van der Waals surface area contributed by atoms with Crippen molar-refractivity contribution in [2.45, 2.75) is 45.6 Å². The third kappa shape index (κ3) is 3.58. The summed E-state index contributed by atoms with van der Waals surface area (Å²) < 4.78 is -0.516. The van der Waals surface area contributed by atoms with Crippen LogP contribution in [0.5, 0.6) is 0 Å². The van der Waals surface area contributed by atoms with E-state index in [9.17, 15) is 19.5 Å². The Kier molecular flexibility index (Phi) is 6.22. The van der Waals surface area contributed by atoms with Gasteiger partial charge in [-0.05, 0) is 35.7 Å². The molecule has 1 saturated heterocycles. The van der Waals surface area contributed by atoms with Crippen molar-refractivity contribution in [2.24, 2.45) is 5.92 Å². The third-order valence-corrected chi connectivity index (χ3v) is 6.64. The molecule has 0 bridgehead atoms. The first kappa shape index (κ1) is 19.1. The first-order valence-corrected chi connectivity index (χ1v) is 10.1. The van der Waals surface area contributed by atoms with Gasteiger partial charge < -0.3 is 5.11 Å². The van der Waals surface area contributed by atoms with Gasteiger partial charge in [-0.1, -0.05) is 18.7 Å². The predicted molar refractivity (Wildman–Crippen MR) is 96.2 cm³/mol. The van der Waals surface area contributed by atoms with Gasteiger partial charge in [-0.25, -0.2) is 4.79 Å². The Balaban J connectivity index is 2.28. The van der Waals surface area contributed by atoms with Crippen molar-refractivity contribution in [1.82, 2.24) is 0 Å². The summed E-state index contributed by atoms with van der Waals surface area (Å²) in [5, 5.41) is 13.9. The molecule has 24 heavy (non-hydrogen) atoms. The SMILES string of the molecule is CCC(CSC(C)=O)C(=O)[N@+]1(C(=O)O)C[C@@H](c2ccsc2)CC1C. The standard InChI is InChI=1S/C17H23NO4S2/c1-4-13(10-24-12(3)19)16(20)18(17(21)22)8-15(7-11(18)2)14-5-6-23-9-14/h5-6,9,11,13,15H,4,7-8,10H2,1-3H3/p+1/t11?,13?,15-,18-/m0/s1. The van der Waals surface area contributed by atoms with Crippen molar-refractivity contribution in [3.05, 3.63) is 22.4 Å². The van der Waals surface area contributed by atoms with Crippen LogP contribution in [-0.2, 0) is 9.59 Å². The highest BCUT2D eigenvalue weighted by Gasteiger charge is 2.58. The monoisotopic (exact) mass is 370 g/mol. The van der Waals surface area contributed by atoms with E-state index in [0.717, 1.165) is 17.3 Å². The Bertz CT molecular complexity index is 616. The van der Waals surface area contributed by atoms with Gasteiger partial charge in [0.25, 0.3) is 0 Å². The fourth-order valence-electron chi connectivity index (χ4n) is 3.52. The number of thiophene rings is 1. The minimum atomic E-state index is -1.07. The van der Waals surface area contributed by atoms with Crippen molar-refractivity contribution in [3.8, 4) is 0 Å². The molecule has 0 aliphatic carbocycles. The molecule has 2 unspecified atom stereocenters. The minimum absolute atomic E-state index is 0.0475. The zero-order valence-corrected chi connectivity index (χ0v) is 15.9. The van der Waals surface area contributed by atoms with Crippen molar-refractivity contribution < 1.29 is 24.0 Å². The van der Waals surface area contributed by atoms with Crippen LogP contribution in [0.3, 0.4) is 0 Å². The van der Waals surface area contributed by atoms with Gasteiger partial charge in [0.05, 0.1) is 5.92 Å². The third-order valence-electron chi connectivity index (χ3n) is 4.97. The Labute approximate surface area is 150 Å². The quantitative estimate of drug-likeness (QED) is 0.795. The molecule has 1 aliphatic heterocycles. The maximum Gasteiger partial charge on any atom is 0.521 e. The maximum absolute atomic E-state index is 13.1. The smallest absolute Gasteiger partial charge is 0.435 e. The summed E-state index contributed by atoms with van der Waals surface area (Å²) in [6, 6.07) is 1.74. The van der Waals surface area contributed by atoms with Gasteiger partial charge in [0.2, 0.25) is 0 Å². The minimum Gasteiger partial charge on any atom is -0.435 e. The Morgan fingerprint density at radius 1 is 1.46 bits per heavy atom. The number of amides is 2. The van der Waals surface area contributed by atoms with Crippen LogP contribution in [0.15, 0.2) is 16.8 Å². The molecule has 1 aliphatic rings. The summed E-state index contributed by atoms with van der Waals surface area (Å²) in [6.07, 6.45) is 0.157. The summed E-state index contributed by atoms with van der Waals surface area (Å²) in [6.45, 7) is 5.49. The van der Waals surface area contributed by atoms with Crippen LogP contribution in [0.2, 0.25) is 0 Å². The van der Waals surface area contributed by atoms with Crippen molar-refractivity contribution >= 4 is 40.2 Å². The molecule has 0 spiro atoms. The van der Waals surface area contributed by atoms with Crippen molar-refractivity contribution in [3.63, 3.8) is 0 Å². The number of likely N-dealkylation sites (tertiary alicyclic amines) is 1. The van der Waals surface area contributed by atoms with E-state index in [0.29, 0.717) is 25.1 Å². The highest BCUT2D eigenvalue weighted by atomic mass is 32.2. The van der Waals surface area contributed by atoms with E-state index < -0.39 is 16.5 Å². The number of carbonyl (C=O) groups is 3. The zero-order chi connectivity index (χ0) is 17.9. The molecule has 4 atom stereocenters. The number of carboxylic acid groups (broad SMARTS) is 1. The second-order valence-corrected chi connectivity index (χ2v) is 8.40. The molecular formula is C17H24NO4S2+. The van der Waals surface area contributed by atoms with Crippen LogP contribution in [-0.4, -0.2) is 45.0 Å². The van der Waals surface area contributed by atoms with Gasteiger partial charge in [-0.3, -0.25) is 4.79 Å². The molecule has 132 valence electrons. The van der Waals surface area contributed by atoms with Gasteiger partial charge in [0, 0.05) is 25.0 Å². The lowest BCUT2D eigenvalue weighted by molar-refractivity contribution is -0.794. The number of quaternary nitrogens is 1. The molecule has 2 amide bonds. The second-order valence-electron chi connectivity index (χ2n) is 6.42. The Morgan fingerprint density at radius 2 is 2.17 bits per heavy atom. The van der Waals surface area contributed by atoms with E-state index in [1.54, 1.807) is 11.3 Å².